The van der Waals surface area contributed by atoms with Gasteiger partial charge in [0.25, 0.3) is 11.8 Å². The molecule has 0 aliphatic carbocycles. The van der Waals surface area contributed by atoms with Crippen LogP contribution in [-0.4, -0.2) is 59.7 Å². The van der Waals surface area contributed by atoms with Crippen LogP contribution in [0, 0.1) is 5.82 Å². The maximum absolute atomic E-state index is 13.9. The van der Waals surface area contributed by atoms with Gasteiger partial charge < -0.3 is 15.1 Å². The van der Waals surface area contributed by atoms with Crippen molar-refractivity contribution in [3.63, 3.8) is 0 Å². The van der Waals surface area contributed by atoms with E-state index in [4.69, 9.17) is 0 Å². The molecule has 1 atom stereocenters. The molecule has 6 nitrogen and oxygen atoms in total. The van der Waals surface area contributed by atoms with Crippen molar-refractivity contribution in [1.29, 1.82) is 0 Å². The number of nitrogens with zero attached hydrogens (tertiary/aromatic N) is 2. The van der Waals surface area contributed by atoms with E-state index in [1.807, 2.05) is 6.07 Å². The summed E-state index contributed by atoms with van der Waals surface area (Å²) < 4.78 is 13.9. The third-order valence-electron chi connectivity index (χ3n) is 4.95. The number of benzene rings is 2. The zero-order valence-corrected chi connectivity index (χ0v) is 16.3. The van der Waals surface area contributed by atoms with Crippen molar-refractivity contribution < 1.29 is 18.8 Å². The van der Waals surface area contributed by atoms with E-state index < -0.39 is 11.9 Å². The fraction of sp³-hybridized carbons (Fsp3) is 0.318. The van der Waals surface area contributed by atoms with E-state index in [1.165, 1.54) is 12.1 Å². The van der Waals surface area contributed by atoms with Gasteiger partial charge in [-0.1, -0.05) is 30.3 Å². The highest BCUT2D eigenvalue weighted by Gasteiger charge is 2.27. The van der Waals surface area contributed by atoms with Crippen LogP contribution in [0.1, 0.15) is 34.1 Å². The highest BCUT2D eigenvalue weighted by molar-refractivity contribution is 5.97. The summed E-state index contributed by atoms with van der Waals surface area (Å²) in [5.74, 6) is -1.43. The minimum Gasteiger partial charge on any atom is -0.341 e. The van der Waals surface area contributed by atoms with Gasteiger partial charge in [-0.15, -0.1) is 0 Å². The molecular weight excluding hydrogens is 373 g/mol. The fourth-order valence-electron chi connectivity index (χ4n) is 3.35. The molecule has 1 aliphatic rings. The van der Waals surface area contributed by atoms with Crippen molar-refractivity contribution in [2.75, 3.05) is 26.2 Å². The Kier molecular flexibility index (Phi) is 6.59. The number of carbonyl (C=O) groups is 3. The van der Waals surface area contributed by atoms with Crippen molar-refractivity contribution in [2.45, 2.75) is 19.4 Å². The van der Waals surface area contributed by atoms with Crippen LogP contribution in [0.25, 0.3) is 0 Å². The van der Waals surface area contributed by atoms with Crippen molar-refractivity contribution in [3.05, 3.63) is 71.5 Å². The summed E-state index contributed by atoms with van der Waals surface area (Å²) >= 11 is 0. The van der Waals surface area contributed by atoms with Crippen molar-refractivity contribution >= 4 is 17.7 Å². The molecule has 0 aromatic heterocycles. The lowest BCUT2D eigenvalue weighted by molar-refractivity contribution is -0.132. The molecule has 0 saturated carbocycles. The first-order valence-electron chi connectivity index (χ1n) is 9.66. The van der Waals surface area contributed by atoms with E-state index in [1.54, 1.807) is 53.1 Å². The molecule has 3 amide bonds. The standard InChI is InChI=1S/C22H24FN3O3/c1-16(24-20(27)17-8-3-2-4-9-17)21(28)25-12-7-13-26(15-14-25)22(29)18-10-5-6-11-19(18)23/h2-6,8-11,16H,7,12-15H2,1H3,(H,24,27). The molecule has 3 rings (SSSR count). The molecular formula is C22H24FN3O3. The number of carbonyl (C=O) groups excluding carboxylic acids is 3. The van der Waals surface area contributed by atoms with Crippen LogP contribution in [0.3, 0.4) is 0 Å². The lowest BCUT2D eigenvalue weighted by Gasteiger charge is -2.25. The van der Waals surface area contributed by atoms with Gasteiger partial charge in [0.15, 0.2) is 0 Å². The van der Waals surface area contributed by atoms with E-state index in [0.717, 1.165) is 0 Å². The van der Waals surface area contributed by atoms with Gasteiger partial charge in [-0.25, -0.2) is 4.39 Å². The minimum absolute atomic E-state index is 0.0377. The molecule has 2 aromatic carbocycles. The molecule has 7 heteroatoms. The van der Waals surface area contributed by atoms with Gasteiger partial charge in [0.2, 0.25) is 5.91 Å². The van der Waals surface area contributed by atoms with Gasteiger partial charge >= 0.3 is 0 Å². The van der Waals surface area contributed by atoms with E-state index in [-0.39, 0.29) is 23.3 Å². The Morgan fingerprint density at radius 3 is 2.24 bits per heavy atom. The zero-order valence-electron chi connectivity index (χ0n) is 16.3. The van der Waals surface area contributed by atoms with E-state index >= 15 is 0 Å². The monoisotopic (exact) mass is 397 g/mol. The van der Waals surface area contributed by atoms with Crippen molar-refractivity contribution in [1.82, 2.24) is 15.1 Å². The first-order chi connectivity index (χ1) is 14.0. The maximum atomic E-state index is 13.9. The van der Waals surface area contributed by atoms with Crippen LogP contribution < -0.4 is 5.32 Å². The summed E-state index contributed by atoms with van der Waals surface area (Å²) in [5, 5.41) is 2.72. The largest absolute Gasteiger partial charge is 0.341 e. The van der Waals surface area contributed by atoms with Gasteiger partial charge in [0.1, 0.15) is 11.9 Å². The average molecular weight is 397 g/mol. The molecule has 1 fully saturated rings. The first-order valence-corrected chi connectivity index (χ1v) is 9.66. The van der Waals surface area contributed by atoms with Crippen LogP contribution in [0.4, 0.5) is 4.39 Å². The summed E-state index contributed by atoms with van der Waals surface area (Å²) in [6, 6.07) is 13.9. The molecule has 0 radical (unpaired) electrons. The first kappa shape index (κ1) is 20.5. The Morgan fingerprint density at radius 2 is 1.52 bits per heavy atom. The number of halogens is 1. The van der Waals surface area contributed by atoms with Gasteiger partial charge in [0.05, 0.1) is 5.56 Å². The molecule has 1 N–H and O–H groups in total. The second kappa shape index (κ2) is 9.32. The topological polar surface area (TPSA) is 69.7 Å². The Hall–Kier alpha value is -3.22. The predicted molar refractivity (Wildman–Crippen MR) is 107 cm³/mol. The molecule has 1 saturated heterocycles. The van der Waals surface area contributed by atoms with Crippen LogP contribution in [0.2, 0.25) is 0 Å². The third-order valence-corrected chi connectivity index (χ3v) is 4.95. The average Bonchev–Trinajstić information content (AvgIpc) is 3.00. The lowest BCUT2D eigenvalue weighted by Crippen LogP contribution is -2.48. The van der Waals surface area contributed by atoms with Crippen LogP contribution in [0.15, 0.2) is 54.6 Å². The van der Waals surface area contributed by atoms with Crippen LogP contribution >= 0.6 is 0 Å². The number of hydrogen-bond donors (Lipinski definition) is 1. The second-order valence-electron chi connectivity index (χ2n) is 7.01. The summed E-state index contributed by atoms with van der Waals surface area (Å²) in [5.41, 5.74) is 0.528. The summed E-state index contributed by atoms with van der Waals surface area (Å²) in [6.07, 6.45) is 0.589. The second-order valence-corrected chi connectivity index (χ2v) is 7.01. The predicted octanol–water partition coefficient (Wildman–Crippen LogP) is 2.32. The number of amides is 3. The Morgan fingerprint density at radius 1 is 0.897 bits per heavy atom. The molecule has 2 aromatic rings. The molecule has 29 heavy (non-hydrogen) atoms. The number of hydrogen-bond acceptors (Lipinski definition) is 3. The molecule has 1 aliphatic heterocycles. The Bertz CT molecular complexity index is 888. The van der Waals surface area contributed by atoms with Gasteiger partial charge in [0, 0.05) is 31.7 Å². The van der Waals surface area contributed by atoms with E-state index in [0.29, 0.717) is 38.2 Å². The normalized spacial score (nSPS) is 15.4. The molecule has 1 unspecified atom stereocenters. The highest BCUT2D eigenvalue weighted by Crippen LogP contribution is 2.13. The summed E-state index contributed by atoms with van der Waals surface area (Å²) in [7, 11) is 0. The number of nitrogens with one attached hydrogen (secondary N) is 1. The SMILES string of the molecule is CC(NC(=O)c1ccccc1)C(=O)N1CCCN(C(=O)c2ccccc2F)CC1. The molecule has 0 bridgehead atoms. The quantitative estimate of drug-likeness (QED) is 0.861. The zero-order chi connectivity index (χ0) is 20.8. The summed E-state index contributed by atoms with van der Waals surface area (Å²) in [4.78, 5) is 40.9. The van der Waals surface area contributed by atoms with Gasteiger partial charge in [-0.05, 0) is 37.6 Å². The van der Waals surface area contributed by atoms with Crippen LogP contribution in [-0.2, 0) is 4.79 Å². The third kappa shape index (κ3) is 4.99. The highest BCUT2D eigenvalue weighted by atomic mass is 19.1. The molecule has 152 valence electrons. The van der Waals surface area contributed by atoms with Crippen LogP contribution in [0.5, 0.6) is 0 Å². The Labute approximate surface area is 169 Å². The van der Waals surface area contributed by atoms with Gasteiger partial charge in [-0.2, -0.15) is 0 Å². The molecule has 0 spiro atoms. The van der Waals surface area contributed by atoms with Crippen molar-refractivity contribution in [2.24, 2.45) is 0 Å². The van der Waals surface area contributed by atoms with E-state index in [2.05, 4.69) is 5.32 Å². The summed E-state index contributed by atoms with van der Waals surface area (Å²) in [6.45, 7) is 3.23. The lowest BCUT2D eigenvalue weighted by atomic mass is 10.2. The van der Waals surface area contributed by atoms with Gasteiger partial charge in [-0.3, -0.25) is 14.4 Å². The fourth-order valence-corrected chi connectivity index (χ4v) is 3.35. The maximum Gasteiger partial charge on any atom is 0.256 e. The Balaban J connectivity index is 1.58. The number of rotatable bonds is 4. The molecule has 1 heterocycles. The van der Waals surface area contributed by atoms with Crippen molar-refractivity contribution in [3.8, 4) is 0 Å². The van der Waals surface area contributed by atoms with E-state index in [9.17, 15) is 18.8 Å². The smallest absolute Gasteiger partial charge is 0.256 e. The minimum atomic E-state index is -0.684.